The molecule has 7 rings (SSSR count). The maximum atomic E-state index is 12.8. The molecule has 14 heteroatoms. The van der Waals surface area contributed by atoms with Gasteiger partial charge in [-0.15, -0.1) is 0 Å². The molecule has 0 bridgehead atoms. The molecule has 0 N–H and O–H groups in total. The Bertz CT molecular complexity index is 1890. The van der Waals surface area contributed by atoms with Crippen molar-refractivity contribution in [2.24, 2.45) is 0 Å². The van der Waals surface area contributed by atoms with Crippen molar-refractivity contribution in [3.63, 3.8) is 0 Å². The van der Waals surface area contributed by atoms with Gasteiger partial charge in [-0.25, -0.2) is 14.0 Å². The largest absolute Gasteiger partial charge is 0.491 e. The Kier molecular flexibility index (Phi) is 9.64. The van der Waals surface area contributed by atoms with Crippen LogP contribution < -0.4 is 20.2 Å². The summed E-state index contributed by atoms with van der Waals surface area (Å²) in [5.74, 6) is -0.413. The molecule has 2 aliphatic heterocycles. The highest BCUT2D eigenvalue weighted by Crippen LogP contribution is 2.38. The third-order valence-corrected chi connectivity index (χ3v) is 9.53. The summed E-state index contributed by atoms with van der Waals surface area (Å²) in [7, 11) is 0. The molecule has 0 saturated carbocycles. The first-order valence-corrected chi connectivity index (χ1v) is 17.2. The van der Waals surface area contributed by atoms with E-state index in [2.05, 4.69) is 49.4 Å². The van der Waals surface area contributed by atoms with Crippen molar-refractivity contribution >= 4 is 34.6 Å². The van der Waals surface area contributed by atoms with Crippen molar-refractivity contribution in [3.05, 3.63) is 112 Å². The molecule has 2 fully saturated rings. The SMILES string of the molecule is CCC(C)n1ncn(-c2ccc(N3CCN(c4ccc(OC[C@@H]5CO[C@@](Cn6nccn6)(c6cc(Cl)cc(Cl)c6)O5)cc4)CC3)cc2)c1=O. The number of benzene rings is 3. The summed E-state index contributed by atoms with van der Waals surface area (Å²) >= 11 is 12.6. The molecule has 256 valence electrons. The maximum Gasteiger partial charge on any atom is 0.350 e. The third-order valence-electron chi connectivity index (χ3n) is 9.09. The lowest BCUT2D eigenvalue weighted by molar-refractivity contribution is -0.192. The van der Waals surface area contributed by atoms with Gasteiger partial charge in [0.1, 0.15) is 31.3 Å². The van der Waals surface area contributed by atoms with Crippen LogP contribution in [-0.2, 0) is 21.8 Å². The minimum absolute atomic E-state index is 0.0644. The number of halogens is 2. The van der Waals surface area contributed by atoms with Crippen LogP contribution in [0.25, 0.3) is 5.69 Å². The Labute approximate surface area is 294 Å². The van der Waals surface area contributed by atoms with Gasteiger partial charge in [0, 0.05) is 53.2 Å². The molecule has 3 aromatic carbocycles. The van der Waals surface area contributed by atoms with Crippen molar-refractivity contribution in [2.45, 2.75) is 44.7 Å². The van der Waals surface area contributed by atoms with E-state index in [4.69, 9.17) is 37.4 Å². The van der Waals surface area contributed by atoms with Crippen molar-refractivity contribution < 1.29 is 14.2 Å². The number of hydrogen-bond acceptors (Lipinski definition) is 9. The summed E-state index contributed by atoms with van der Waals surface area (Å²) < 4.78 is 22.0. The fourth-order valence-electron chi connectivity index (χ4n) is 6.22. The van der Waals surface area contributed by atoms with Crippen molar-refractivity contribution in [1.29, 1.82) is 0 Å². The number of piperazine rings is 1. The topological polar surface area (TPSA) is 105 Å². The summed E-state index contributed by atoms with van der Waals surface area (Å²) in [6.45, 7) is 8.44. The molecule has 2 saturated heterocycles. The Balaban J connectivity index is 0.925. The molecule has 5 aromatic rings. The average Bonchev–Trinajstić information content (AvgIpc) is 3.88. The van der Waals surface area contributed by atoms with Crippen LogP contribution in [0.2, 0.25) is 10.0 Å². The van der Waals surface area contributed by atoms with Gasteiger partial charge in [0.2, 0.25) is 5.79 Å². The summed E-state index contributed by atoms with van der Waals surface area (Å²) in [4.78, 5) is 19.1. The molecule has 12 nitrogen and oxygen atoms in total. The van der Waals surface area contributed by atoms with Crippen molar-refractivity contribution in [1.82, 2.24) is 29.3 Å². The molecule has 0 spiro atoms. The zero-order valence-corrected chi connectivity index (χ0v) is 28.9. The molecular weight excluding hydrogens is 667 g/mol. The van der Waals surface area contributed by atoms with E-state index < -0.39 is 5.79 Å². The van der Waals surface area contributed by atoms with Crippen LogP contribution in [0.5, 0.6) is 5.75 Å². The summed E-state index contributed by atoms with van der Waals surface area (Å²) in [6.07, 6.45) is 5.32. The van der Waals surface area contributed by atoms with Gasteiger partial charge in [-0.05, 0) is 80.1 Å². The van der Waals surface area contributed by atoms with Gasteiger partial charge in [0.05, 0.1) is 30.7 Å². The fourth-order valence-corrected chi connectivity index (χ4v) is 6.74. The first-order chi connectivity index (χ1) is 23.8. The normalized spacial score (nSPS) is 20.1. The van der Waals surface area contributed by atoms with Gasteiger partial charge in [0.15, 0.2) is 0 Å². The fraction of sp³-hybridized carbons (Fsp3) is 0.371. The standard InChI is InChI=1S/C35H38Cl2N8O4/c1-3-25(2)45-34(46)43(24-40-45)31-6-4-29(5-7-31)41-14-16-42(17-15-41)30-8-10-32(11-9-30)47-21-33-22-48-35(49-33,23-44-38-12-13-39-44)26-18-27(36)20-28(37)19-26/h4-13,18-20,24-25,33H,3,14-17,21-23H2,1-2H3/t25?,33-,35-/m1/s1. The van der Waals surface area contributed by atoms with Crippen LogP contribution >= 0.6 is 23.2 Å². The van der Waals surface area contributed by atoms with E-state index in [0.717, 1.165) is 55.4 Å². The van der Waals surface area contributed by atoms with E-state index >= 15 is 0 Å². The smallest absolute Gasteiger partial charge is 0.350 e. The van der Waals surface area contributed by atoms with Crippen LogP contribution in [0.15, 0.2) is 90.2 Å². The van der Waals surface area contributed by atoms with Crippen LogP contribution in [0.4, 0.5) is 11.4 Å². The van der Waals surface area contributed by atoms with Gasteiger partial charge in [-0.2, -0.15) is 20.1 Å². The Morgan fingerprint density at radius 3 is 2.08 bits per heavy atom. The van der Waals surface area contributed by atoms with Gasteiger partial charge < -0.3 is 24.0 Å². The van der Waals surface area contributed by atoms with Crippen LogP contribution in [0.3, 0.4) is 0 Å². The highest BCUT2D eigenvalue weighted by Gasteiger charge is 2.45. The molecule has 2 aromatic heterocycles. The first-order valence-electron chi connectivity index (χ1n) is 16.4. The lowest BCUT2D eigenvalue weighted by atomic mass is 10.1. The highest BCUT2D eigenvalue weighted by atomic mass is 35.5. The monoisotopic (exact) mass is 704 g/mol. The minimum Gasteiger partial charge on any atom is -0.491 e. The molecule has 1 unspecified atom stereocenters. The summed E-state index contributed by atoms with van der Waals surface area (Å²) in [5, 5.41) is 13.7. The second-order valence-electron chi connectivity index (χ2n) is 12.3. The van der Waals surface area contributed by atoms with E-state index in [1.165, 1.54) is 9.48 Å². The van der Waals surface area contributed by atoms with Gasteiger partial charge in [0.25, 0.3) is 0 Å². The Morgan fingerprint density at radius 1 is 0.878 bits per heavy atom. The lowest BCUT2D eigenvalue weighted by Crippen LogP contribution is -2.46. The molecule has 2 aliphatic rings. The number of rotatable bonds is 11. The highest BCUT2D eigenvalue weighted by molar-refractivity contribution is 6.34. The molecule has 0 radical (unpaired) electrons. The summed E-state index contributed by atoms with van der Waals surface area (Å²) in [5.41, 5.74) is 3.66. The van der Waals surface area contributed by atoms with Crippen LogP contribution in [0, 0.1) is 0 Å². The molecule has 49 heavy (non-hydrogen) atoms. The van der Waals surface area contributed by atoms with E-state index in [-0.39, 0.29) is 24.4 Å². The van der Waals surface area contributed by atoms with Crippen LogP contribution in [-0.4, -0.2) is 74.8 Å². The quantitative estimate of drug-likeness (QED) is 0.174. The Morgan fingerprint density at radius 2 is 1.47 bits per heavy atom. The lowest BCUT2D eigenvalue weighted by Gasteiger charge is -2.37. The van der Waals surface area contributed by atoms with Gasteiger partial charge in [-0.1, -0.05) is 30.1 Å². The predicted molar refractivity (Wildman–Crippen MR) is 188 cm³/mol. The zero-order chi connectivity index (χ0) is 34.0. The molecular formula is C35H38Cl2N8O4. The van der Waals surface area contributed by atoms with E-state index in [1.54, 1.807) is 41.5 Å². The molecule has 3 atom stereocenters. The summed E-state index contributed by atoms with van der Waals surface area (Å²) in [6, 6.07) is 21.6. The van der Waals surface area contributed by atoms with Crippen LogP contribution in [0.1, 0.15) is 31.9 Å². The number of nitrogens with zero attached hydrogens (tertiary/aromatic N) is 8. The number of hydrogen-bond donors (Lipinski definition) is 0. The average molecular weight is 706 g/mol. The second-order valence-corrected chi connectivity index (χ2v) is 13.2. The number of ether oxygens (including phenoxy) is 3. The number of anilines is 2. The predicted octanol–water partition coefficient (Wildman–Crippen LogP) is 5.58. The number of aromatic nitrogens is 6. The van der Waals surface area contributed by atoms with E-state index in [0.29, 0.717) is 28.8 Å². The van der Waals surface area contributed by atoms with Crippen molar-refractivity contribution in [2.75, 3.05) is 49.2 Å². The third kappa shape index (κ3) is 7.18. The second kappa shape index (κ2) is 14.2. The zero-order valence-electron chi connectivity index (χ0n) is 27.4. The maximum absolute atomic E-state index is 12.8. The Hall–Kier alpha value is -4.36. The minimum atomic E-state index is -1.16. The molecule has 0 aliphatic carbocycles. The molecule has 4 heterocycles. The van der Waals surface area contributed by atoms with Gasteiger partial charge >= 0.3 is 5.69 Å². The molecule has 0 amide bonds. The van der Waals surface area contributed by atoms with E-state index in [1.807, 2.05) is 38.1 Å². The van der Waals surface area contributed by atoms with E-state index in [9.17, 15) is 4.79 Å². The van der Waals surface area contributed by atoms with Gasteiger partial charge in [-0.3, -0.25) is 0 Å². The first kappa shape index (κ1) is 33.2. The van der Waals surface area contributed by atoms with Crippen molar-refractivity contribution in [3.8, 4) is 11.4 Å².